The van der Waals surface area contributed by atoms with Crippen LogP contribution in [0.4, 0.5) is 20.6 Å². The number of aromatic nitrogens is 2. The first-order valence-corrected chi connectivity index (χ1v) is 9.74. The highest BCUT2D eigenvalue weighted by molar-refractivity contribution is 6.42. The Balaban J connectivity index is 1.55. The van der Waals surface area contributed by atoms with Gasteiger partial charge in [-0.25, -0.2) is 9.18 Å². The molecule has 0 radical (unpaired) electrons. The molecule has 0 spiro atoms. The van der Waals surface area contributed by atoms with E-state index >= 15 is 0 Å². The van der Waals surface area contributed by atoms with Gasteiger partial charge in [-0.1, -0.05) is 23.2 Å². The van der Waals surface area contributed by atoms with Gasteiger partial charge >= 0.3 is 6.03 Å². The molecule has 9 heteroatoms. The molecule has 0 aliphatic rings. The van der Waals surface area contributed by atoms with Gasteiger partial charge in [0.1, 0.15) is 5.82 Å². The molecule has 0 aliphatic carbocycles. The fourth-order valence-corrected chi connectivity index (χ4v) is 3.23. The molecule has 1 aromatic heterocycles. The maximum atomic E-state index is 14.2. The van der Waals surface area contributed by atoms with Crippen molar-refractivity contribution in [3.8, 4) is 0 Å². The number of carbonyl (C=O) groups excluding carboxylic acids is 2. The second-order valence-corrected chi connectivity index (χ2v) is 7.34. The van der Waals surface area contributed by atoms with Crippen molar-refractivity contribution in [2.45, 2.75) is 0 Å². The van der Waals surface area contributed by atoms with Gasteiger partial charge < -0.3 is 10.6 Å². The molecule has 0 saturated carbocycles. The zero-order valence-corrected chi connectivity index (χ0v) is 17.2. The van der Waals surface area contributed by atoms with E-state index in [4.69, 9.17) is 23.2 Å². The predicted molar refractivity (Wildman–Crippen MR) is 118 cm³/mol. The third-order valence-electron chi connectivity index (χ3n) is 4.33. The Bertz CT molecular complexity index is 1330. The third kappa shape index (κ3) is 4.79. The predicted octanol–water partition coefficient (Wildman–Crippen LogP) is 5.95. The number of hydrogen-bond donors (Lipinski definition) is 2. The number of benzene rings is 3. The molecular weight excluding hydrogens is 442 g/mol. The van der Waals surface area contributed by atoms with E-state index in [0.29, 0.717) is 27.3 Å². The first-order chi connectivity index (χ1) is 14.9. The van der Waals surface area contributed by atoms with E-state index in [2.05, 4.69) is 20.6 Å². The van der Waals surface area contributed by atoms with E-state index in [-0.39, 0.29) is 16.3 Å². The van der Waals surface area contributed by atoms with Gasteiger partial charge in [-0.2, -0.15) is 0 Å². The first-order valence-electron chi connectivity index (χ1n) is 8.98. The molecule has 154 valence electrons. The molecule has 0 bridgehead atoms. The van der Waals surface area contributed by atoms with Gasteiger partial charge in [0.25, 0.3) is 0 Å². The van der Waals surface area contributed by atoms with Gasteiger partial charge in [0.2, 0.25) is 0 Å². The number of fused-ring (bicyclic) bond motifs is 1. The van der Waals surface area contributed by atoms with Crippen molar-refractivity contribution in [1.82, 2.24) is 9.97 Å². The van der Waals surface area contributed by atoms with Crippen LogP contribution in [0.2, 0.25) is 10.0 Å². The SMILES string of the molecule is O=C(Nc1cc(F)cc(C(=O)c2ccc3nccnc3c2)c1)Nc1ccc(Cl)c(Cl)c1. The summed E-state index contributed by atoms with van der Waals surface area (Å²) in [5.41, 5.74) is 2.10. The lowest BCUT2D eigenvalue weighted by atomic mass is 10.0. The molecule has 6 nitrogen and oxygen atoms in total. The van der Waals surface area contributed by atoms with Crippen molar-refractivity contribution in [3.05, 3.63) is 94.0 Å². The number of nitrogens with zero attached hydrogens (tertiary/aromatic N) is 2. The summed E-state index contributed by atoms with van der Waals surface area (Å²) in [6.45, 7) is 0. The molecule has 4 aromatic rings. The molecule has 0 aliphatic heterocycles. The van der Waals surface area contributed by atoms with Crippen LogP contribution < -0.4 is 10.6 Å². The molecule has 0 unspecified atom stereocenters. The lowest BCUT2D eigenvalue weighted by Gasteiger charge is -2.10. The standard InChI is InChI=1S/C22H13Cl2FN4O2/c23-17-3-2-15(11-18(17)24)28-22(31)29-16-8-13(7-14(25)10-16)21(30)12-1-4-19-20(9-12)27-6-5-26-19/h1-11H,(H2,28,29,31). The molecule has 3 aromatic carbocycles. The minimum atomic E-state index is -0.670. The number of hydrogen-bond acceptors (Lipinski definition) is 4. The van der Waals surface area contributed by atoms with Crippen molar-refractivity contribution in [1.29, 1.82) is 0 Å². The molecule has 2 amide bonds. The summed E-state index contributed by atoms with van der Waals surface area (Å²) < 4.78 is 14.2. The summed E-state index contributed by atoms with van der Waals surface area (Å²) in [4.78, 5) is 33.5. The molecule has 2 N–H and O–H groups in total. The van der Waals surface area contributed by atoms with Crippen molar-refractivity contribution < 1.29 is 14.0 Å². The number of amides is 2. The van der Waals surface area contributed by atoms with Gasteiger partial charge in [-0.05, 0) is 54.6 Å². The topological polar surface area (TPSA) is 84.0 Å². The molecule has 4 rings (SSSR count). The van der Waals surface area contributed by atoms with Crippen molar-refractivity contribution in [2.75, 3.05) is 10.6 Å². The number of carbonyl (C=O) groups is 2. The smallest absolute Gasteiger partial charge is 0.308 e. The zero-order chi connectivity index (χ0) is 22.0. The van der Waals surface area contributed by atoms with Crippen molar-refractivity contribution in [3.63, 3.8) is 0 Å². The summed E-state index contributed by atoms with van der Waals surface area (Å²) in [6, 6.07) is 12.4. The minimum absolute atomic E-state index is 0.0769. The van der Waals surface area contributed by atoms with Crippen molar-refractivity contribution >= 4 is 57.4 Å². The van der Waals surface area contributed by atoms with E-state index < -0.39 is 17.6 Å². The highest BCUT2D eigenvalue weighted by Gasteiger charge is 2.14. The Kier molecular flexibility index (Phi) is 5.79. The average Bonchev–Trinajstić information content (AvgIpc) is 2.75. The Morgan fingerprint density at radius 2 is 1.48 bits per heavy atom. The van der Waals surface area contributed by atoms with Crippen LogP contribution in [0.1, 0.15) is 15.9 Å². The highest BCUT2D eigenvalue weighted by Crippen LogP contribution is 2.25. The maximum absolute atomic E-state index is 14.2. The number of rotatable bonds is 4. The second-order valence-electron chi connectivity index (χ2n) is 6.53. The van der Waals surface area contributed by atoms with E-state index in [0.717, 1.165) is 12.1 Å². The van der Waals surface area contributed by atoms with Gasteiger partial charge in [0, 0.05) is 34.9 Å². The zero-order valence-electron chi connectivity index (χ0n) is 15.7. The Labute approximate surface area is 186 Å². The largest absolute Gasteiger partial charge is 0.323 e. The van der Waals surface area contributed by atoms with E-state index in [9.17, 15) is 14.0 Å². The van der Waals surface area contributed by atoms with E-state index in [1.165, 1.54) is 24.4 Å². The van der Waals surface area contributed by atoms with Crippen LogP contribution in [0.15, 0.2) is 67.0 Å². The van der Waals surface area contributed by atoms with Crippen LogP contribution in [0.25, 0.3) is 11.0 Å². The van der Waals surface area contributed by atoms with Crippen LogP contribution in [-0.2, 0) is 0 Å². The second kappa shape index (κ2) is 8.67. The van der Waals surface area contributed by atoms with Gasteiger partial charge in [0.15, 0.2) is 5.78 Å². The van der Waals surface area contributed by atoms with E-state index in [1.54, 1.807) is 30.5 Å². The highest BCUT2D eigenvalue weighted by atomic mass is 35.5. The Morgan fingerprint density at radius 3 is 2.26 bits per heavy atom. The van der Waals surface area contributed by atoms with Crippen LogP contribution in [-0.4, -0.2) is 21.8 Å². The summed E-state index contributed by atoms with van der Waals surface area (Å²) >= 11 is 11.8. The number of ketones is 1. The summed E-state index contributed by atoms with van der Waals surface area (Å²) in [7, 11) is 0. The summed E-state index contributed by atoms with van der Waals surface area (Å²) in [5.74, 6) is -1.09. The fourth-order valence-electron chi connectivity index (χ4n) is 2.93. The Morgan fingerprint density at radius 1 is 0.742 bits per heavy atom. The van der Waals surface area contributed by atoms with Crippen LogP contribution in [0.5, 0.6) is 0 Å². The lowest BCUT2D eigenvalue weighted by molar-refractivity contribution is 0.103. The number of halogens is 3. The quantitative estimate of drug-likeness (QED) is 0.373. The Hall–Kier alpha value is -3.55. The van der Waals surface area contributed by atoms with Gasteiger partial charge in [-0.3, -0.25) is 14.8 Å². The number of nitrogens with one attached hydrogen (secondary N) is 2. The average molecular weight is 455 g/mol. The minimum Gasteiger partial charge on any atom is -0.308 e. The van der Waals surface area contributed by atoms with Crippen LogP contribution >= 0.6 is 23.2 Å². The normalized spacial score (nSPS) is 10.7. The van der Waals surface area contributed by atoms with Crippen LogP contribution in [0.3, 0.4) is 0 Å². The summed E-state index contributed by atoms with van der Waals surface area (Å²) in [6.07, 6.45) is 3.07. The third-order valence-corrected chi connectivity index (χ3v) is 5.07. The monoisotopic (exact) mass is 454 g/mol. The number of urea groups is 1. The lowest BCUT2D eigenvalue weighted by Crippen LogP contribution is -2.19. The first kappa shape index (κ1) is 20.7. The fraction of sp³-hybridized carbons (Fsp3) is 0. The van der Waals surface area contributed by atoms with Crippen molar-refractivity contribution in [2.24, 2.45) is 0 Å². The molecule has 1 heterocycles. The molecule has 0 atom stereocenters. The number of anilines is 2. The molecule has 31 heavy (non-hydrogen) atoms. The maximum Gasteiger partial charge on any atom is 0.323 e. The van der Waals surface area contributed by atoms with E-state index in [1.807, 2.05) is 0 Å². The molecule has 0 saturated heterocycles. The van der Waals surface area contributed by atoms with Gasteiger partial charge in [-0.15, -0.1) is 0 Å². The van der Waals surface area contributed by atoms with Crippen LogP contribution in [0, 0.1) is 5.82 Å². The summed E-state index contributed by atoms with van der Waals surface area (Å²) in [5, 5.41) is 5.69. The molecular formula is C22H13Cl2FN4O2. The molecule has 0 fully saturated rings. The van der Waals surface area contributed by atoms with Gasteiger partial charge in [0.05, 0.1) is 21.1 Å².